The molecule has 1 aliphatic rings. The first-order valence-corrected chi connectivity index (χ1v) is 8.87. The largest absolute Gasteiger partial charge is 0.376 e. The Morgan fingerprint density at radius 1 is 0.960 bits per heavy atom. The highest BCUT2D eigenvalue weighted by Gasteiger charge is 2.38. The third kappa shape index (κ3) is 3.35. The number of hydrogen-bond donors (Lipinski definition) is 1. The SMILES string of the molecule is COC1(OC)C=CC(C(O)(c2ccccc2)c2ccc(Br)cc2)=CC1. The highest BCUT2D eigenvalue weighted by molar-refractivity contribution is 9.10. The Morgan fingerprint density at radius 3 is 2.08 bits per heavy atom. The first-order valence-electron chi connectivity index (χ1n) is 8.08. The van der Waals surface area contributed by atoms with Crippen molar-refractivity contribution < 1.29 is 14.6 Å². The van der Waals surface area contributed by atoms with Gasteiger partial charge in [0.25, 0.3) is 0 Å². The summed E-state index contributed by atoms with van der Waals surface area (Å²) in [5.74, 6) is -0.777. The van der Waals surface area contributed by atoms with E-state index in [-0.39, 0.29) is 0 Å². The van der Waals surface area contributed by atoms with Crippen molar-refractivity contribution in [1.82, 2.24) is 0 Å². The van der Waals surface area contributed by atoms with Crippen LogP contribution in [0.4, 0.5) is 0 Å². The van der Waals surface area contributed by atoms with Crippen molar-refractivity contribution in [3.05, 3.63) is 94.0 Å². The zero-order valence-corrected chi connectivity index (χ0v) is 15.9. The fraction of sp³-hybridized carbons (Fsp3) is 0.238. The molecule has 3 nitrogen and oxygen atoms in total. The zero-order chi connectivity index (χ0) is 17.9. The molecular weight excluding hydrogens is 380 g/mol. The van der Waals surface area contributed by atoms with E-state index in [0.29, 0.717) is 6.42 Å². The Kier molecular flexibility index (Phi) is 5.25. The van der Waals surface area contributed by atoms with Crippen LogP contribution >= 0.6 is 15.9 Å². The first-order chi connectivity index (χ1) is 12.0. The van der Waals surface area contributed by atoms with Crippen LogP contribution in [0.2, 0.25) is 0 Å². The third-order valence-electron chi connectivity index (χ3n) is 4.69. The summed E-state index contributed by atoms with van der Waals surface area (Å²) in [5, 5.41) is 11.8. The van der Waals surface area contributed by atoms with E-state index < -0.39 is 11.4 Å². The van der Waals surface area contributed by atoms with Crippen LogP contribution in [-0.2, 0) is 15.1 Å². The quantitative estimate of drug-likeness (QED) is 0.747. The average Bonchev–Trinajstić information content (AvgIpc) is 2.68. The summed E-state index contributed by atoms with van der Waals surface area (Å²) >= 11 is 3.45. The van der Waals surface area contributed by atoms with Gasteiger partial charge in [0, 0.05) is 25.1 Å². The van der Waals surface area contributed by atoms with E-state index in [2.05, 4.69) is 15.9 Å². The highest BCUT2D eigenvalue weighted by Crippen LogP contribution is 2.40. The summed E-state index contributed by atoms with van der Waals surface area (Å²) in [6.45, 7) is 0. The monoisotopic (exact) mass is 400 g/mol. The molecule has 0 spiro atoms. The fourth-order valence-corrected chi connectivity index (χ4v) is 3.39. The van der Waals surface area contributed by atoms with Gasteiger partial charge in [-0.15, -0.1) is 0 Å². The van der Waals surface area contributed by atoms with Crippen molar-refractivity contribution in [2.45, 2.75) is 17.8 Å². The summed E-state index contributed by atoms with van der Waals surface area (Å²) in [4.78, 5) is 0. The molecule has 0 aliphatic heterocycles. The van der Waals surface area contributed by atoms with Crippen LogP contribution in [0.3, 0.4) is 0 Å². The van der Waals surface area contributed by atoms with E-state index in [0.717, 1.165) is 21.2 Å². The van der Waals surface area contributed by atoms with Crippen LogP contribution in [0.15, 0.2) is 82.9 Å². The van der Waals surface area contributed by atoms with E-state index in [4.69, 9.17) is 9.47 Å². The molecule has 0 radical (unpaired) electrons. The lowest BCUT2D eigenvalue weighted by Crippen LogP contribution is -2.36. The van der Waals surface area contributed by atoms with Crippen LogP contribution in [-0.4, -0.2) is 25.1 Å². The predicted molar refractivity (Wildman–Crippen MR) is 102 cm³/mol. The molecule has 0 aromatic heterocycles. The predicted octanol–water partition coefficient (Wildman–Crippen LogP) is 4.56. The molecular formula is C21H21BrO3. The second-order valence-electron chi connectivity index (χ2n) is 6.00. The molecule has 0 saturated heterocycles. The van der Waals surface area contributed by atoms with E-state index in [1.807, 2.05) is 72.8 Å². The zero-order valence-electron chi connectivity index (χ0n) is 14.3. The number of hydrogen-bond acceptors (Lipinski definition) is 3. The second-order valence-corrected chi connectivity index (χ2v) is 6.92. The summed E-state index contributed by atoms with van der Waals surface area (Å²) < 4.78 is 11.9. The van der Waals surface area contributed by atoms with Crippen LogP contribution in [0.1, 0.15) is 17.5 Å². The smallest absolute Gasteiger partial charge is 0.190 e. The number of benzene rings is 2. The Morgan fingerprint density at radius 2 is 1.56 bits per heavy atom. The maximum absolute atomic E-state index is 11.8. The van der Waals surface area contributed by atoms with Gasteiger partial charge in [0.15, 0.2) is 5.79 Å². The Bertz CT molecular complexity index is 777. The lowest BCUT2D eigenvalue weighted by atomic mass is 9.77. The van der Waals surface area contributed by atoms with Crippen molar-refractivity contribution >= 4 is 15.9 Å². The summed E-state index contributed by atoms with van der Waals surface area (Å²) in [6.07, 6.45) is 6.24. The third-order valence-corrected chi connectivity index (χ3v) is 5.21. The van der Waals surface area contributed by atoms with Crippen molar-refractivity contribution in [2.75, 3.05) is 14.2 Å². The molecule has 1 N–H and O–H groups in total. The van der Waals surface area contributed by atoms with E-state index in [1.54, 1.807) is 14.2 Å². The Balaban J connectivity index is 2.09. The summed E-state index contributed by atoms with van der Waals surface area (Å²) in [6, 6.07) is 17.4. The van der Waals surface area contributed by atoms with Crippen LogP contribution in [0.25, 0.3) is 0 Å². The molecule has 1 atom stereocenters. The normalized spacial score (nSPS) is 18.5. The number of aliphatic hydroxyl groups is 1. The van der Waals surface area contributed by atoms with Crippen molar-refractivity contribution in [3.8, 4) is 0 Å². The van der Waals surface area contributed by atoms with Gasteiger partial charge in [0.1, 0.15) is 5.60 Å². The molecule has 0 saturated carbocycles. The van der Waals surface area contributed by atoms with Crippen LogP contribution in [0.5, 0.6) is 0 Å². The van der Waals surface area contributed by atoms with Gasteiger partial charge in [-0.2, -0.15) is 0 Å². The van der Waals surface area contributed by atoms with Gasteiger partial charge in [-0.1, -0.05) is 70.5 Å². The van der Waals surface area contributed by atoms with Gasteiger partial charge in [-0.05, 0) is 34.9 Å². The number of rotatable bonds is 5. The molecule has 1 unspecified atom stereocenters. The molecule has 0 heterocycles. The van der Waals surface area contributed by atoms with Crippen LogP contribution in [0, 0.1) is 0 Å². The standard InChI is InChI=1S/C21H21BrO3/c1-24-20(25-2)14-12-18(13-15-20)21(23,16-6-4-3-5-7-16)17-8-10-19(22)11-9-17/h3-14,23H,15H2,1-2H3. The topological polar surface area (TPSA) is 38.7 Å². The lowest BCUT2D eigenvalue weighted by Gasteiger charge is -2.35. The van der Waals surface area contributed by atoms with E-state index in [9.17, 15) is 5.11 Å². The Labute approximate surface area is 156 Å². The van der Waals surface area contributed by atoms with Crippen LogP contribution < -0.4 is 0 Å². The molecule has 0 amide bonds. The minimum Gasteiger partial charge on any atom is -0.376 e. The molecule has 0 fully saturated rings. The molecule has 0 bridgehead atoms. The maximum atomic E-state index is 11.8. The number of halogens is 1. The Hall–Kier alpha value is -1.72. The number of ether oxygens (including phenoxy) is 2. The molecule has 3 rings (SSSR count). The average molecular weight is 401 g/mol. The molecule has 1 aliphatic carbocycles. The van der Waals surface area contributed by atoms with Crippen molar-refractivity contribution in [2.24, 2.45) is 0 Å². The molecule has 2 aromatic carbocycles. The summed E-state index contributed by atoms with van der Waals surface area (Å²) in [7, 11) is 3.23. The van der Waals surface area contributed by atoms with Gasteiger partial charge in [-0.25, -0.2) is 0 Å². The maximum Gasteiger partial charge on any atom is 0.190 e. The minimum absolute atomic E-state index is 0.525. The van der Waals surface area contributed by atoms with E-state index in [1.165, 1.54) is 0 Å². The van der Waals surface area contributed by atoms with Gasteiger partial charge in [0.05, 0.1) is 0 Å². The van der Waals surface area contributed by atoms with Gasteiger partial charge in [-0.3, -0.25) is 0 Å². The van der Waals surface area contributed by atoms with Gasteiger partial charge >= 0.3 is 0 Å². The molecule has 2 aromatic rings. The molecule has 130 valence electrons. The minimum atomic E-state index is -1.24. The second kappa shape index (κ2) is 7.26. The lowest BCUT2D eigenvalue weighted by molar-refractivity contribution is -0.168. The van der Waals surface area contributed by atoms with Crippen molar-refractivity contribution in [3.63, 3.8) is 0 Å². The molecule has 25 heavy (non-hydrogen) atoms. The van der Waals surface area contributed by atoms with Gasteiger partial charge in [0.2, 0.25) is 0 Å². The van der Waals surface area contributed by atoms with Gasteiger partial charge < -0.3 is 14.6 Å². The fourth-order valence-electron chi connectivity index (χ4n) is 3.13. The first kappa shape index (κ1) is 18.1. The summed E-state index contributed by atoms with van der Waals surface area (Å²) in [5.41, 5.74) is 1.17. The van der Waals surface area contributed by atoms with E-state index >= 15 is 0 Å². The molecule has 4 heteroatoms. The highest BCUT2D eigenvalue weighted by atomic mass is 79.9. The number of methoxy groups -OCH3 is 2. The van der Waals surface area contributed by atoms with Crippen molar-refractivity contribution in [1.29, 1.82) is 0 Å².